The van der Waals surface area contributed by atoms with Gasteiger partial charge in [0, 0.05) is 15.8 Å². The number of allylic oxidation sites excluding steroid dienone is 2. The smallest absolute Gasteiger partial charge is 0.317 e. The van der Waals surface area contributed by atoms with Crippen LogP contribution in [0.25, 0.3) is 5.57 Å². The van der Waals surface area contributed by atoms with Crippen LogP contribution in [0.2, 0.25) is 5.02 Å². The minimum absolute atomic E-state index is 0.215. The molecule has 0 amide bonds. The molecule has 0 unspecified atom stereocenters. The molecule has 2 atom stereocenters. The fourth-order valence-corrected chi connectivity index (χ4v) is 4.11. The van der Waals surface area contributed by atoms with Gasteiger partial charge in [-0.25, -0.2) is 0 Å². The molecule has 0 saturated heterocycles. The van der Waals surface area contributed by atoms with E-state index in [1.54, 1.807) is 30.4 Å². The summed E-state index contributed by atoms with van der Waals surface area (Å²) in [6, 6.07) is 11.3. The van der Waals surface area contributed by atoms with Crippen molar-refractivity contribution < 1.29 is 14.3 Å². The number of thiophene rings is 1. The molecule has 0 fully saturated rings. The first kappa shape index (κ1) is 16.9. The average molecular weight is 361 g/mol. The molecule has 1 heterocycles. The van der Waals surface area contributed by atoms with Gasteiger partial charge in [0.15, 0.2) is 5.78 Å². The van der Waals surface area contributed by atoms with Crippen molar-refractivity contribution in [1.82, 2.24) is 0 Å². The number of esters is 1. The largest absolute Gasteiger partial charge is 0.465 e. The second-order valence-electron chi connectivity index (χ2n) is 5.61. The normalized spacial score (nSPS) is 20.6. The van der Waals surface area contributed by atoms with Crippen molar-refractivity contribution in [3.8, 4) is 0 Å². The number of halogens is 1. The molecular formula is C19H17ClO3S. The number of hydrogen-bond donors (Lipinski definition) is 0. The quantitative estimate of drug-likeness (QED) is 0.585. The van der Waals surface area contributed by atoms with Crippen LogP contribution in [-0.2, 0) is 14.3 Å². The summed E-state index contributed by atoms with van der Waals surface area (Å²) in [4.78, 5) is 26.1. The monoisotopic (exact) mass is 360 g/mol. The molecule has 3 nitrogen and oxygen atoms in total. The highest BCUT2D eigenvalue weighted by Gasteiger charge is 2.40. The van der Waals surface area contributed by atoms with Crippen LogP contribution in [0.15, 0.2) is 47.9 Å². The fourth-order valence-electron chi connectivity index (χ4n) is 3.08. The second kappa shape index (κ2) is 7.32. The number of benzene rings is 1. The Labute approximate surface area is 149 Å². The van der Waals surface area contributed by atoms with Gasteiger partial charge in [-0.15, -0.1) is 11.3 Å². The van der Waals surface area contributed by atoms with Gasteiger partial charge in [-0.05, 0) is 48.1 Å². The van der Waals surface area contributed by atoms with Crippen LogP contribution in [-0.4, -0.2) is 18.4 Å². The van der Waals surface area contributed by atoms with Gasteiger partial charge in [-0.1, -0.05) is 35.9 Å². The molecule has 2 aromatic rings. The van der Waals surface area contributed by atoms with Gasteiger partial charge < -0.3 is 4.74 Å². The molecule has 0 N–H and O–H groups in total. The molecule has 3 rings (SSSR count). The summed E-state index contributed by atoms with van der Waals surface area (Å²) in [6.45, 7) is 1.99. The van der Waals surface area contributed by atoms with Crippen LogP contribution in [0.4, 0.5) is 0 Å². The summed E-state index contributed by atoms with van der Waals surface area (Å²) in [6.07, 6.45) is 2.17. The third-order valence-corrected chi connectivity index (χ3v) is 5.44. The summed E-state index contributed by atoms with van der Waals surface area (Å²) >= 11 is 7.93. The lowest BCUT2D eigenvalue weighted by Crippen LogP contribution is -2.34. The highest BCUT2D eigenvalue weighted by atomic mass is 35.5. The van der Waals surface area contributed by atoms with E-state index in [1.165, 1.54) is 0 Å². The Morgan fingerprint density at radius 2 is 2.08 bits per heavy atom. The number of ether oxygens (including phenoxy) is 1. The Morgan fingerprint density at radius 3 is 2.75 bits per heavy atom. The second-order valence-corrected chi connectivity index (χ2v) is 6.97. The van der Waals surface area contributed by atoms with Gasteiger partial charge in [-0.3, -0.25) is 9.59 Å². The average Bonchev–Trinajstić information content (AvgIpc) is 3.09. The lowest BCUT2D eigenvalue weighted by atomic mass is 9.74. The molecule has 0 bridgehead atoms. The van der Waals surface area contributed by atoms with Crippen LogP contribution < -0.4 is 0 Å². The van der Waals surface area contributed by atoms with E-state index in [1.807, 2.05) is 35.7 Å². The van der Waals surface area contributed by atoms with Gasteiger partial charge in [0.1, 0.15) is 5.92 Å². The van der Waals surface area contributed by atoms with Crippen molar-refractivity contribution in [2.24, 2.45) is 5.92 Å². The minimum atomic E-state index is -0.839. The van der Waals surface area contributed by atoms with E-state index in [9.17, 15) is 9.59 Å². The van der Waals surface area contributed by atoms with Crippen molar-refractivity contribution >= 4 is 40.3 Å². The highest BCUT2D eigenvalue weighted by molar-refractivity contribution is 7.11. The number of rotatable bonds is 4. The zero-order chi connectivity index (χ0) is 17.1. The van der Waals surface area contributed by atoms with E-state index < -0.39 is 11.9 Å². The molecule has 24 heavy (non-hydrogen) atoms. The lowest BCUT2D eigenvalue weighted by molar-refractivity contribution is -0.151. The van der Waals surface area contributed by atoms with Crippen molar-refractivity contribution in [3.05, 3.63) is 63.3 Å². The maximum absolute atomic E-state index is 12.7. The fraction of sp³-hybridized carbons (Fsp3) is 0.263. The number of carbonyl (C=O) groups excluding carboxylic acids is 2. The van der Waals surface area contributed by atoms with Crippen LogP contribution >= 0.6 is 22.9 Å². The summed E-state index contributed by atoms with van der Waals surface area (Å²) in [5, 5.41) is 2.54. The third-order valence-electron chi connectivity index (χ3n) is 4.15. The van der Waals surface area contributed by atoms with E-state index in [2.05, 4.69) is 0 Å². The number of hydrogen-bond acceptors (Lipinski definition) is 4. The molecule has 0 spiro atoms. The van der Waals surface area contributed by atoms with E-state index in [0.29, 0.717) is 11.4 Å². The first-order valence-electron chi connectivity index (χ1n) is 7.81. The minimum Gasteiger partial charge on any atom is -0.465 e. The topological polar surface area (TPSA) is 43.4 Å². The van der Waals surface area contributed by atoms with Crippen LogP contribution in [0, 0.1) is 5.92 Å². The van der Waals surface area contributed by atoms with Crippen LogP contribution in [0.3, 0.4) is 0 Å². The summed E-state index contributed by atoms with van der Waals surface area (Å²) in [7, 11) is 0. The standard InChI is InChI=1S/C19H17ClO3S/c1-2-23-19(22)18-14(13-6-3-4-7-15(13)20)10-12(11-16(18)21)17-8-5-9-24-17/h3-9,11,14,18H,2,10H2,1H3/t14-,18+/m1/s1. The molecule has 5 heteroatoms. The third kappa shape index (κ3) is 3.30. The Hall–Kier alpha value is -1.91. The Balaban J connectivity index is 2.04. The van der Waals surface area contributed by atoms with Gasteiger partial charge in [-0.2, -0.15) is 0 Å². The van der Waals surface area contributed by atoms with E-state index in [4.69, 9.17) is 16.3 Å². The molecule has 0 saturated carbocycles. The van der Waals surface area contributed by atoms with Crippen molar-refractivity contribution in [2.45, 2.75) is 19.3 Å². The molecular weight excluding hydrogens is 344 g/mol. The summed E-state index contributed by atoms with van der Waals surface area (Å²) in [5.74, 6) is -1.84. The van der Waals surface area contributed by atoms with Crippen molar-refractivity contribution in [1.29, 1.82) is 0 Å². The summed E-state index contributed by atoms with van der Waals surface area (Å²) in [5.41, 5.74) is 1.76. The van der Waals surface area contributed by atoms with Gasteiger partial charge in [0.2, 0.25) is 0 Å². The SMILES string of the molecule is CCOC(=O)[C@@H]1C(=O)C=C(c2cccs2)C[C@@H]1c1ccccc1Cl. The Morgan fingerprint density at radius 1 is 1.29 bits per heavy atom. The number of ketones is 1. The van der Waals surface area contributed by atoms with Crippen molar-refractivity contribution in [2.75, 3.05) is 6.61 Å². The van der Waals surface area contributed by atoms with Gasteiger partial charge in [0.25, 0.3) is 0 Å². The molecule has 124 valence electrons. The van der Waals surface area contributed by atoms with E-state index >= 15 is 0 Å². The molecule has 1 aliphatic rings. The lowest BCUT2D eigenvalue weighted by Gasteiger charge is -2.29. The predicted octanol–water partition coefficient (Wildman–Crippen LogP) is 4.72. The predicted molar refractivity (Wildman–Crippen MR) is 96.2 cm³/mol. The summed E-state index contributed by atoms with van der Waals surface area (Å²) < 4.78 is 5.14. The van der Waals surface area contributed by atoms with Crippen LogP contribution in [0.1, 0.15) is 29.7 Å². The maximum Gasteiger partial charge on any atom is 0.317 e. The van der Waals surface area contributed by atoms with E-state index in [0.717, 1.165) is 16.0 Å². The maximum atomic E-state index is 12.7. The first-order chi connectivity index (χ1) is 11.6. The number of carbonyl (C=O) groups is 2. The molecule has 1 aromatic heterocycles. The van der Waals surface area contributed by atoms with Crippen LogP contribution in [0.5, 0.6) is 0 Å². The van der Waals surface area contributed by atoms with Gasteiger partial charge >= 0.3 is 5.97 Å². The molecule has 1 aliphatic carbocycles. The molecule has 1 aromatic carbocycles. The highest BCUT2D eigenvalue weighted by Crippen LogP contribution is 2.43. The first-order valence-corrected chi connectivity index (χ1v) is 9.07. The zero-order valence-corrected chi connectivity index (χ0v) is 14.8. The molecule has 0 radical (unpaired) electrons. The Kier molecular flexibility index (Phi) is 5.17. The zero-order valence-electron chi connectivity index (χ0n) is 13.2. The Bertz CT molecular complexity index is 780. The molecule has 0 aliphatic heterocycles. The van der Waals surface area contributed by atoms with E-state index in [-0.39, 0.29) is 18.3 Å². The van der Waals surface area contributed by atoms with Gasteiger partial charge in [0.05, 0.1) is 6.61 Å². The van der Waals surface area contributed by atoms with Crippen molar-refractivity contribution in [3.63, 3.8) is 0 Å².